The minimum Gasteiger partial charge on any atom is -0.497 e. The first kappa shape index (κ1) is 28.9. The average molecular weight is 563 g/mol. The van der Waals surface area contributed by atoms with E-state index in [9.17, 15) is 23.2 Å². The van der Waals surface area contributed by atoms with E-state index in [4.69, 9.17) is 14.0 Å². The normalized spacial score (nSPS) is 15.2. The summed E-state index contributed by atoms with van der Waals surface area (Å²) in [6, 6.07) is 6.32. The number of benzene rings is 1. The van der Waals surface area contributed by atoms with Gasteiger partial charge < -0.3 is 24.2 Å². The minimum atomic E-state index is -2.65. The number of carbonyl (C=O) groups excluding carboxylic acids is 2. The van der Waals surface area contributed by atoms with Crippen molar-refractivity contribution in [1.82, 2.24) is 15.0 Å². The van der Waals surface area contributed by atoms with Crippen LogP contribution in [0.15, 0.2) is 45.8 Å². The lowest BCUT2D eigenvalue weighted by atomic mass is 9.89. The zero-order chi connectivity index (χ0) is 29.0. The number of aromatic amines is 1. The van der Waals surface area contributed by atoms with Crippen molar-refractivity contribution in [3.63, 3.8) is 0 Å². The van der Waals surface area contributed by atoms with Gasteiger partial charge >= 0.3 is 0 Å². The number of alkyl halides is 2. The Balaban J connectivity index is 1.58. The zero-order valence-corrected chi connectivity index (χ0v) is 22.1. The van der Waals surface area contributed by atoms with Crippen LogP contribution in [0.3, 0.4) is 0 Å². The molecule has 3 heterocycles. The second kappa shape index (κ2) is 11.9. The molecule has 13 heteroatoms. The molecule has 1 aliphatic heterocycles. The molecule has 0 unspecified atom stereocenters. The Kier molecular flexibility index (Phi) is 8.62. The summed E-state index contributed by atoms with van der Waals surface area (Å²) in [6.45, 7) is 2.44. The predicted molar refractivity (Wildman–Crippen MR) is 137 cm³/mol. The Hall–Kier alpha value is -4.13. The van der Waals surface area contributed by atoms with Crippen molar-refractivity contribution < 1.29 is 36.8 Å². The molecule has 1 aromatic carbocycles. The Morgan fingerprint density at radius 1 is 1.27 bits per heavy atom. The molecule has 0 spiro atoms. The van der Waals surface area contributed by atoms with Crippen molar-refractivity contribution in [2.45, 2.75) is 44.6 Å². The molecule has 4 rings (SSSR count). The highest BCUT2D eigenvalue weighted by atomic mass is 19.3. The third kappa shape index (κ3) is 6.53. The maximum absolute atomic E-state index is 15.1. The van der Waals surface area contributed by atoms with E-state index < -0.39 is 47.7 Å². The van der Waals surface area contributed by atoms with Gasteiger partial charge in [0.25, 0.3) is 17.9 Å². The second-order valence-electron chi connectivity index (χ2n) is 9.99. The van der Waals surface area contributed by atoms with Crippen LogP contribution in [0.25, 0.3) is 0 Å². The van der Waals surface area contributed by atoms with E-state index in [0.29, 0.717) is 17.7 Å². The lowest BCUT2D eigenvalue weighted by molar-refractivity contribution is -0.139. The number of pyridine rings is 1. The number of ether oxygens (including phenoxy) is 2. The summed E-state index contributed by atoms with van der Waals surface area (Å²) in [5.74, 6) is -1.10. The topological polar surface area (TPSA) is 127 Å². The standard InChI is InChI=1S/C27H29F3N4O6/c1-27(2,14-39-13-21(29)30)25-20(28)9-16(12-31-25)32-26(37)24-19-5-4-17(38-3)8-15(19)6-7-34(24)23(36)11-18-10-22(35)33-40-18/h4-5,8-10,12,21,24H,6-7,11,13-14H2,1-3H3,(H,32,37)(H,33,35)/t24-/m1/s1. The van der Waals surface area contributed by atoms with Crippen molar-refractivity contribution in [2.75, 3.05) is 32.2 Å². The smallest absolute Gasteiger partial charge is 0.280 e. The fourth-order valence-corrected chi connectivity index (χ4v) is 4.63. The van der Waals surface area contributed by atoms with Gasteiger partial charge in [-0.25, -0.2) is 13.2 Å². The molecule has 0 saturated heterocycles. The van der Waals surface area contributed by atoms with E-state index in [1.54, 1.807) is 32.0 Å². The van der Waals surface area contributed by atoms with E-state index in [0.717, 1.165) is 17.7 Å². The van der Waals surface area contributed by atoms with Crippen molar-refractivity contribution >= 4 is 17.5 Å². The number of rotatable bonds is 10. The summed E-state index contributed by atoms with van der Waals surface area (Å²) in [5.41, 5.74) is -0.105. The molecule has 2 aromatic heterocycles. The van der Waals surface area contributed by atoms with Gasteiger partial charge in [-0.05, 0) is 29.7 Å². The van der Waals surface area contributed by atoms with Crippen LogP contribution in [0.1, 0.15) is 42.5 Å². The van der Waals surface area contributed by atoms with Crippen LogP contribution in [-0.4, -0.2) is 60.1 Å². The number of halogens is 3. The Morgan fingerprint density at radius 3 is 2.70 bits per heavy atom. The fraction of sp³-hybridized carbons (Fsp3) is 0.407. The summed E-state index contributed by atoms with van der Waals surface area (Å²) in [6.07, 6.45) is -1.19. The minimum absolute atomic E-state index is 0.0142. The lowest BCUT2D eigenvalue weighted by Crippen LogP contribution is -2.46. The molecule has 2 amide bonds. The number of H-pyrrole nitrogens is 1. The van der Waals surface area contributed by atoms with Crippen molar-refractivity contribution in [3.05, 3.63) is 75.3 Å². The molecular weight excluding hydrogens is 533 g/mol. The van der Waals surface area contributed by atoms with Gasteiger partial charge in [-0.15, -0.1) is 0 Å². The van der Waals surface area contributed by atoms with E-state index >= 15 is 4.39 Å². The highest BCUT2D eigenvalue weighted by molar-refractivity contribution is 5.98. The third-order valence-corrected chi connectivity index (χ3v) is 6.50. The summed E-state index contributed by atoms with van der Waals surface area (Å²) in [7, 11) is 1.52. The number of methoxy groups -OCH3 is 1. The monoisotopic (exact) mass is 562 g/mol. The molecular formula is C27H29F3N4O6. The number of nitrogens with one attached hydrogen (secondary N) is 2. The van der Waals surface area contributed by atoms with Crippen LogP contribution in [0, 0.1) is 5.82 Å². The van der Waals surface area contributed by atoms with Crippen LogP contribution >= 0.6 is 0 Å². The Morgan fingerprint density at radius 2 is 2.05 bits per heavy atom. The largest absolute Gasteiger partial charge is 0.497 e. The molecule has 40 heavy (non-hydrogen) atoms. The number of anilines is 1. The maximum atomic E-state index is 15.1. The van der Waals surface area contributed by atoms with Gasteiger partial charge in [-0.2, -0.15) is 5.16 Å². The van der Waals surface area contributed by atoms with Gasteiger partial charge in [-0.3, -0.25) is 19.4 Å². The molecule has 1 aliphatic rings. The van der Waals surface area contributed by atoms with Crippen LogP contribution < -0.4 is 15.6 Å². The zero-order valence-electron chi connectivity index (χ0n) is 22.1. The predicted octanol–water partition coefficient (Wildman–Crippen LogP) is 3.38. The number of hydrogen-bond donors (Lipinski definition) is 2. The molecule has 0 saturated carbocycles. The van der Waals surface area contributed by atoms with Gasteiger partial charge in [0.1, 0.15) is 30.0 Å². The number of aromatic nitrogens is 2. The molecule has 0 aliphatic carbocycles. The molecule has 0 radical (unpaired) electrons. The third-order valence-electron chi connectivity index (χ3n) is 6.50. The van der Waals surface area contributed by atoms with E-state index in [1.807, 2.05) is 0 Å². The lowest BCUT2D eigenvalue weighted by Gasteiger charge is -2.36. The first-order valence-corrected chi connectivity index (χ1v) is 12.4. The summed E-state index contributed by atoms with van der Waals surface area (Å²) in [4.78, 5) is 43.7. The number of fused-ring (bicyclic) bond motifs is 1. The SMILES string of the molecule is COc1ccc2c(c1)CCN(C(=O)Cc1cc(=O)[nH]o1)[C@H]2C(=O)Nc1cnc(C(C)(C)COCC(F)F)c(F)c1. The van der Waals surface area contributed by atoms with Gasteiger partial charge in [-0.1, -0.05) is 19.9 Å². The number of carbonyl (C=O) groups is 2. The van der Waals surface area contributed by atoms with Crippen LogP contribution in [0.2, 0.25) is 0 Å². The highest BCUT2D eigenvalue weighted by Crippen LogP contribution is 2.34. The van der Waals surface area contributed by atoms with Crippen LogP contribution in [-0.2, 0) is 32.6 Å². The van der Waals surface area contributed by atoms with Crippen LogP contribution in [0.5, 0.6) is 5.75 Å². The van der Waals surface area contributed by atoms with Gasteiger partial charge in [0.2, 0.25) is 5.91 Å². The molecule has 0 fully saturated rings. The average Bonchev–Trinajstić information content (AvgIpc) is 3.31. The molecule has 0 bridgehead atoms. The number of amides is 2. The van der Waals surface area contributed by atoms with Crippen molar-refractivity contribution in [3.8, 4) is 5.75 Å². The van der Waals surface area contributed by atoms with E-state index in [1.165, 1.54) is 18.2 Å². The molecule has 2 N–H and O–H groups in total. The first-order valence-electron chi connectivity index (χ1n) is 12.4. The van der Waals surface area contributed by atoms with Crippen molar-refractivity contribution in [1.29, 1.82) is 0 Å². The van der Waals surface area contributed by atoms with Gasteiger partial charge in [0, 0.05) is 24.1 Å². The van der Waals surface area contributed by atoms with E-state index in [-0.39, 0.29) is 36.7 Å². The highest BCUT2D eigenvalue weighted by Gasteiger charge is 2.37. The summed E-state index contributed by atoms with van der Waals surface area (Å²) in [5, 5.41) is 4.77. The van der Waals surface area contributed by atoms with Crippen LogP contribution in [0.4, 0.5) is 18.9 Å². The fourth-order valence-electron chi connectivity index (χ4n) is 4.63. The second-order valence-corrected chi connectivity index (χ2v) is 9.99. The molecule has 3 aromatic rings. The van der Waals surface area contributed by atoms with Gasteiger partial charge in [0.05, 0.1) is 37.7 Å². The Bertz CT molecular complexity index is 1440. The summed E-state index contributed by atoms with van der Waals surface area (Å²) < 4.78 is 55.2. The van der Waals surface area contributed by atoms with Gasteiger partial charge in [0.15, 0.2) is 0 Å². The Labute approximate surface area is 227 Å². The molecule has 1 atom stereocenters. The maximum Gasteiger partial charge on any atom is 0.280 e. The summed E-state index contributed by atoms with van der Waals surface area (Å²) >= 11 is 0. The number of nitrogens with zero attached hydrogens (tertiary/aromatic N) is 2. The van der Waals surface area contributed by atoms with E-state index in [2.05, 4.69) is 15.5 Å². The quantitative estimate of drug-likeness (QED) is 0.388. The molecule has 10 nitrogen and oxygen atoms in total. The number of hydrogen-bond acceptors (Lipinski definition) is 7. The van der Waals surface area contributed by atoms with Crippen molar-refractivity contribution in [2.24, 2.45) is 0 Å². The molecule has 214 valence electrons. The first-order chi connectivity index (χ1) is 19.0.